The quantitative estimate of drug-likeness (QED) is 0.907. The number of aromatic nitrogens is 2. The van der Waals surface area contributed by atoms with Gasteiger partial charge in [0, 0.05) is 10.2 Å². The summed E-state index contributed by atoms with van der Waals surface area (Å²) in [7, 11) is 0. The second-order valence-corrected chi connectivity index (χ2v) is 4.97. The van der Waals surface area contributed by atoms with Gasteiger partial charge in [-0.1, -0.05) is 34.5 Å². The zero-order valence-electron chi connectivity index (χ0n) is 9.63. The van der Waals surface area contributed by atoms with Gasteiger partial charge in [-0.15, -0.1) is 0 Å². The molecule has 0 aliphatic rings. The van der Waals surface area contributed by atoms with Crippen molar-refractivity contribution in [3.63, 3.8) is 0 Å². The van der Waals surface area contributed by atoms with E-state index in [9.17, 15) is 4.79 Å². The van der Waals surface area contributed by atoms with Gasteiger partial charge in [-0.25, -0.2) is 4.98 Å². The van der Waals surface area contributed by atoms with Crippen molar-refractivity contribution in [3.8, 4) is 0 Å². The van der Waals surface area contributed by atoms with E-state index in [0.717, 1.165) is 22.1 Å². The molecule has 4 nitrogen and oxygen atoms in total. The second-order valence-electron chi connectivity index (χ2n) is 3.67. The fourth-order valence-electron chi connectivity index (χ4n) is 1.57. The van der Waals surface area contributed by atoms with Crippen LogP contribution in [0.25, 0.3) is 0 Å². The fourth-order valence-corrected chi connectivity index (χ4v) is 2.13. The fraction of sp³-hybridized carbons (Fsp3) is 0.167. The molecule has 18 heavy (non-hydrogen) atoms. The summed E-state index contributed by atoms with van der Waals surface area (Å²) in [6, 6.07) is 5.86. The maximum Gasteiger partial charge on any atom is 0.271 e. The molecule has 1 heterocycles. The number of H-pyrrole nitrogens is 1. The molecular formula is C12H11BrClN3O. The summed E-state index contributed by atoms with van der Waals surface area (Å²) >= 11 is 9.32. The number of hydrogen-bond donors (Lipinski definition) is 2. The van der Waals surface area contributed by atoms with Crippen LogP contribution >= 0.6 is 27.5 Å². The molecule has 0 saturated heterocycles. The molecule has 0 saturated carbocycles. The molecule has 94 valence electrons. The highest BCUT2D eigenvalue weighted by Gasteiger charge is 2.08. The average molecular weight is 329 g/mol. The van der Waals surface area contributed by atoms with E-state index in [4.69, 9.17) is 11.6 Å². The van der Waals surface area contributed by atoms with Crippen molar-refractivity contribution < 1.29 is 0 Å². The molecule has 0 amide bonds. The zero-order chi connectivity index (χ0) is 13.1. The van der Waals surface area contributed by atoms with Crippen molar-refractivity contribution in [3.05, 3.63) is 49.9 Å². The maximum atomic E-state index is 11.4. The summed E-state index contributed by atoms with van der Waals surface area (Å²) in [6.45, 7) is 2.06. The van der Waals surface area contributed by atoms with Crippen LogP contribution in [0.15, 0.2) is 33.8 Å². The number of aryl methyl sites for hydroxylation is 1. The highest BCUT2D eigenvalue weighted by atomic mass is 79.9. The molecule has 0 fully saturated rings. The first-order valence-electron chi connectivity index (χ1n) is 5.40. The summed E-state index contributed by atoms with van der Waals surface area (Å²) in [5, 5.41) is 3.13. The number of halogens is 2. The lowest BCUT2D eigenvalue weighted by Gasteiger charge is -2.11. The Morgan fingerprint density at radius 3 is 3.00 bits per heavy atom. The van der Waals surface area contributed by atoms with Gasteiger partial charge in [0.15, 0.2) is 5.82 Å². The number of hydrogen-bond acceptors (Lipinski definition) is 3. The van der Waals surface area contributed by atoms with Crippen LogP contribution in [0.4, 0.5) is 11.5 Å². The molecule has 2 aromatic rings. The van der Waals surface area contributed by atoms with Crippen molar-refractivity contribution in [1.82, 2.24) is 9.97 Å². The van der Waals surface area contributed by atoms with E-state index in [2.05, 4.69) is 38.1 Å². The van der Waals surface area contributed by atoms with Gasteiger partial charge in [0.25, 0.3) is 5.56 Å². The van der Waals surface area contributed by atoms with Gasteiger partial charge in [-0.2, -0.15) is 0 Å². The largest absolute Gasteiger partial charge is 0.339 e. The molecule has 0 unspecified atom stereocenters. The lowest BCUT2D eigenvalue weighted by atomic mass is 10.1. The van der Waals surface area contributed by atoms with Gasteiger partial charge >= 0.3 is 0 Å². The van der Waals surface area contributed by atoms with Crippen LogP contribution in [-0.4, -0.2) is 9.97 Å². The lowest BCUT2D eigenvalue weighted by molar-refractivity contribution is 1.11. The zero-order valence-corrected chi connectivity index (χ0v) is 12.0. The minimum absolute atomic E-state index is 0.0578. The van der Waals surface area contributed by atoms with E-state index < -0.39 is 0 Å². The molecular weight excluding hydrogens is 318 g/mol. The number of nitrogens with zero attached hydrogens (tertiary/aromatic N) is 1. The van der Waals surface area contributed by atoms with Crippen molar-refractivity contribution in [1.29, 1.82) is 0 Å². The molecule has 0 aliphatic carbocycles. The minimum atomic E-state index is -0.357. The monoisotopic (exact) mass is 327 g/mol. The standard InChI is InChI=1S/C12H11BrClN3O/c1-2-7-5-8(13)3-4-9(7)17-11-10(14)12(18)16-6-15-11/h3-6H,2H2,1H3,(H2,15,16,17,18). The third-order valence-corrected chi connectivity index (χ3v) is 3.34. The number of aromatic amines is 1. The Morgan fingerprint density at radius 2 is 2.28 bits per heavy atom. The molecule has 0 atom stereocenters. The summed E-state index contributed by atoms with van der Waals surface area (Å²) in [5.41, 5.74) is 1.65. The van der Waals surface area contributed by atoms with Crippen LogP contribution < -0.4 is 10.9 Å². The Morgan fingerprint density at radius 1 is 1.50 bits per heavy atom. The summed E-state index contributed by atoms with van der Waals surface area (Å²) in [4.78, 5) is 17.8. The molecule has 1 aromatic carbocycles. The summed E-state index contributed by atoms with van der Waals surface area (Å²) in [6.07, 6.45) is 2.18. The normalized spacial score (nSPS) is 10.4. The van der Waals surface area contributed by atoms with Crippen molar-refractivity contribution in [2.45, 2.75) is 13.3 Å². The molecule has 0 spiro atoms. The van der Waals surface area contributed by atoms with Gasteiger partial charge < -0.3 is 10.3 Å². The lowest BCUT2D eigenvalue weighted by Crippen LogP contribution is -2.10. The van der Waals surface area contributed by atoms with Crippen molar-refractivity contribution >= 4 is 39.0 Å². The summed E-state index contributed by atoms with van der Waals surface area (Å²) in [5.74, 6) is 0.359. The van der Waals surface area contributed by atoms with Crippen LogP contribution in [0.2, 0.25) is 5.02 Å². The predicted octanol–water partition coefficient (Wildman–Crippen LogP) is 3.49. The number of anilines is 2. The van der Waals surface area contributed by atoms with Gasteiger partial charge in [-0.3, -0.25) is 4.79 Å². The molecule has 0 aliphatic heterocycles. The predicted molar refractivity (Wildman–Crippen MR) is 76.7 cm³/mol. The first kappa shape index (κ1) is 13.1. The van der Waals surface area contributed by atoms with Gasteiger partial charge in [0.1, 0.15) is 5.02 Å². The van der Waals surface area contributed by atoms with E-state index in [-0.39, 0.29) is 10.6 Å². The number of rotatable bonds is 3. The van der Waals surface area contributed by atoms with Crippen LogP contribution in [0, 0.1) is 0 Å². The number of benzene rings is 1. The van der Waals surface area contributed by atoms with Gasteiger partial charge in [0.2, 0.25) is 0 Å². The highest BCUT2D eigenvalue weighted by molar-refractivity contribution is 9.10. The van der Waals surface area contributed by atoms with Crippen LogP contribution in [-0.2, 0) is 6.42 Å². The summed E-state index contributed by atoms with van der Waals surface area (Å²) < 4.78 is 1.01. The highest BCUT2D eigenvalue weighted by Crippen LogP contribution is 2.25. The first-order chi connectivity index (χ1) is 8.61. The number of nitrogens with one attached hydrogen (secondary N) is 2. The molecule has 0 radical (unpaired) electrons. The van der Waals surface area contributed by atoms with E-state index in [1.807, 2.05) is 18.2 Å². The average Bonchev–Trinajstić information content (AvgIpc) is 2.37. The third-order valence-electron chi connectivity index (χ3n) is 2.50. The topological polar surface area (TPSA) is 57.8 Å². The van der Waals surface area contributed by atoms with Crippen LogP contribution in [0.1, 0.15) is 12.5 Å². The molecule has 6 heteroatoms. The van der Waals surface area contributed by atoms with Crippen LogP contribution in [0.3, 0.4) is 0 Å². The Hall–Kier alpha value is -1.33. The van der Waals surface area contributed by atoms with E-state index in [1.165, 1.54) is 6.33 Å². The maximum absolute atomic E-state index is 11.4. The van der Waals surface area contributed by atoms with Crippen LogP contribution in [0.5, 0.6) is 0 Å². The second kappa shape index (κ2) is 5.54. The molecule has 2 rings (SSSR count). The molecule has 2 N–H and O–H groups in total. The van der Waals surface area contributed by atoms with E-state index >= 15 is 0 Å². The third kappa shape index (κ3) is 2.73. The Labute approximate surface area is 118 Å². The van der Waals surface area contributed by atoms with Gasteiger partial charge in [0.05, 0.1) is 6.33 Å². The Kier molecular flexibility index (Phi) is 4.04. The molecule has 0 bridgehead atoms. The van der Waals surface area contributed by atoms with Gasteiger partial charge in [-0.05, 0) is 30.2 Å². The van der Waals surface area contributed by atoms with Crippen molar-refractivity contribution in [2.75, 3.05) is 5.32 Å². The Balaban J connectivity index is 2.40. The van der Waals surface area contributed by atoms with Crippen molar-refractivity contribution in [2.24, 2.45) is 0 Å². The Bertz CT molecular complexity index is 627. The SMILES string of the molecule is CCc1cc(Br)ccc1Nc1nc[nH]c(=O)c1Cl. The smallest absolute Gasteiger partial charge is 0.271 e. The minimum Gasteiger partial charge on any atom is -0.339 e. The van der Waals surface area contributed by atoms with E-state index in [1.54, 1.807) is 0 Å². The molecule has 1 aromatic heterocycles. The first-order valence-corrected chi connectivity index (χ1v) is 6.57. The van der Waals surface area contributed by atoms with E-state index in [0.29, 0.717) is 5.82 Å².